The van der Waals surface area contributed by atoms with E-state index >= 15 is 0 Å². The summed E-state index contributed by atoms with van der Waals surface area (Å²) in [4.78, 5) is 14.4. The number of amides is 1. The molecule has 116 valence electrons. The van der Waals surface area contributed by atoms with E-state index in [1.54, 1.807) is 0 Å². The lowest BCUT2D eigenvalue weighted by atomic mass is 9.90. The minimum Gasteiger partial charge on any atom is -0.491 e. The number of para-hydroxylation sites is 1. The van der Waals surface area contributed by atoms with Crippen LogP contribution in [0.3, 0.4) is 0 Å². The molecular formula is C17H26N2O2. The van der Waals surface area contributed by atoms with Gasteiger partial charge in [0.1, 0.15) is 5.75 Å². The summed E-state index contributed by atoms with van der Waals surface area (Å²) in [7, 11) is 0. The number of hydrogen-bond acceptors (Lipinski definition) is 3. The largest absolute Gasteiger partial charge is 0.491 e. The van der Waals surface area contributed by atoms with Crippen molar-refractivity contribution in [2.75, 3.05) is 19.6 Å². The van der Waals surface area contributed by atoms with Crippen LogP contribution in [0.2, 0.25) is 0 Å². The predicted molar refractivity (Wildman–Crippen MR) is 84.3 cm³/mol. The lowest BCUT2D eigenvalue weighted by Crippen LogP contribution is -2.35. The van der Waals surface area contributed by atoms with E-state index in [0.717, 1.165) is 30.8 Å². The average molecular weight is 290 g/mol. The summed E-state index contributed by atoms with van der Waals surface area (Å²) in [6.45, 7) is 8.33. The Morgan fingerprint density at radius 1 is 1.43 bits per heavy atom. The van der Waals surface area contributed by atoms with Crippen LogP contribution in [0.25, 0.3) is 0 Å². The molecule has 4 nitrogen and oxygen atoms in total. The zero-order valence-electron chi connectivity index (χ0n) is 13.3. The van der Waals surface area contributed by atoms with Gasteiger partial charge in [-0.1, -0.05) is 25.1 Å². The topological polar surface area (TPSA) is 55.6 Å². The van der Waals surface area contributed by atoms with E-state index in [2.05, 4.69) is 6.92 Å². The van der Waals surface area contributed by atoms with Crippen LogP contribution in [0.4, 0.5) is 0 Å². The number of ether oxygens (including phenoxy) is 1. The summed E-state index contributed by atoms with van der Waals surface area (Å²) in [5, 5.41) is 0. The van der Waals surface area contributed by atoms with Crippen LogP contribution in [0, 0.1) is 5.41 Å². The Morgan fingerprint density at radius 2 is 2.14 bits per heavy atom. The Morgan fingerprint density at radius 3 is 2.76 bits per heavy atom. The minimum atomic E-state index is 0.0730. The summed E-state index contributed by atoms with van der Waals surface area (Å²) < 4.78 is 5.78. The predicted octanol–water partition coefficient (Wildman–Crippen LogP) is 2.21. The zero-order valence-corrected chi connectivity index (χ0v) is 13.3. The number of carbonyl (C=O) groups excluding carboxylic acids is 1. The molecule has 0 radical (unpaired) electrons. The molecule has 4 heteroatoms. The van der Waals surface area contributed by atoms with Crippen LogP contribution < -0.4 is 10.5 Å². The van der Waals surface area contributed by atoms with E-state index in [9.17, 15) is 4.79 Å². The Bertz CT molecular complexity index is 501. The van der Waals surface area contributed by atoms with Gasteiger partial charge in [0.25, 0.3) is 0 Å². The average Bonchev–Trinajstić information content (AvgIpc) is 2.84. The molecule has 1 fully saturated rings. The van der Waals surface area contributed by atoms with Gasteiger partial charge >= 0.3 is 0 Å². The summed E-state index contributed by atoms with van der Waals surface area (Å²) in [5.41, 5.74) is 6.83. The molecule has 1 aliphatic rings. The third-order valence-corrected chi connectivity index (χ3v) is 4.08. The quantitative estimate of drug-likeness (QED) is 0.904. The van der Waals surface area contributed by atoms with Crippen LogP contribution in [0.15, 0.2) is 24.3 Å². The fourth-order valence-corrected chi connectivity index (χ4v) is 2.70. The number of likely N-dealkylation sites (tertiary alicyclic amines) is 1. The molecule has 1 atom stereocenters. The highest BCUT2D eigenvalue weighted by molar-refractivity contribution is 5.79. The second kappa shape index (κ2) is 6.48. The molecule has 1 amide bonds. The lowest BCUT2D eigenvalue weighted by Gasteiger charge is -2.23. The Balaban J connectivity index is 2.04. The van der Waals surface area contributed by atoms with Crippen LogP contribution in [-0.4, -0.2) is 36.5 Å². The Labute approximate surface area is 127 Å². The number of benzene rings is 1. The molecule has 0 aromatic heterocycles. The van der Waals surface area contributed by atoms with Gasteiger partial charge in [-0.05, 0) is 38.3 Å². The van der Waals surface area contributed by atoms with Gasteiger partial charge in [-0.25, -0.2) is 0 Å². The van der Waals surface area contributed by atoms with E-state index in [1.807, 2.05) is 43.0 Å². The Hall–Kier alpha value is -1.55. The number of carbonyl (C=O) groups is 1. The van der Waals surface area contributed by atoms with Crippen LogP contribution in [0.1, 0.15) is 32.8 Å². The standard InChI is InChI=1S/C17H26N2O2/c1-13(2)21-15-7-5-4-6-14(15)10-16(20)19-9-8-17(3,11-18)12-19/h4-7,13H,8-12,18H2,1-3H3. The smallest absolute Gasteiger partial charge is 0.227 e. The molecular weight excluding hydrogens is 264 g/mol. The second-order valence-corrected chi connectivity index (χ2v) is 6.53. The van der Waals surface area contributed by atoms with Gasteiger partial charge in [0.05, 0.1) is 12.5 Å². The molecule has 1 saturated heterocycles. The molecule has 1 aromatic rings. The van der Waals surface area contributed by atoms with E-state index < -0.39 is 0 Å². The molecule has 0 aliphatic carbocycles. The van der Waals surface area contributed by atoms with E-state index in [-0.39, 0.29) is 17.4 Å². The van der Waals surface area contributed by atoms with Crippen molar-refractivity contribution in [2.45, 2.75) is 39.7 Å². The molecule has 2 rings (SSSR count). The summed E-state index contributed by atoms with van der Waals surface area (Å²) in [6.07, 6.45) is 1.48. The monoisotopic (exact) mass is 290 g/mol. The first-order chi connectivity index (χ1) is 9.93. The van der Waals surface area contributed by atoms with E-state index in [4.69, 9.17) is 10.5 Å². The molecule has 0 saturated carbocycles. The normalized spacial score (nSPS) is 21.9. The van der Waals surface area contributed by atoms with Gasteiger partial charge in [0.15, 0.2) is 0 Å². The fourth-order valence-electron chi connectivity index (χ4n) is 2.70. The molecule has 1 heterocycles. The molecule has 0 spiro atoms. The highest BCUT2D eigenvalue weighted by Gasteiger charge is 2.34. The molecule has 1 aliphatic heterocycles. The van der Waals surface area contributed by atoms with Gasteiger partial charge < -0.3 is 15.4 Å². The maximum absolute atomic E-state index is 12.5. The van der Waals surface area contributed by atoms with Gasteiger partial charge in [-0.3, -0.25) is 4.79 Å². The SMILES string of the molecule is CC(C)Oc1ccccc1CC(=O)N1CCC(C)(CN)C1. The number of rotatable bonds is 5. The van der Waals surface area contributed by atoms with Crippen LogP contribution in [-0.2, 0) is 11.2 Å². The van der Waals surface area contributed by atoms with Crippen molar-refractivity contribution in [3.63, 3.8) is 0 Å². The van der Waals surface area contributed by atoms with Crippen molar-refractivity contribution in [2.24, 2.45) is 11.1 Å². The molecule has 1 aromatic carbocycles. The first kappa shape index (κ1) is 15.8. The number of hydrogen-bond donors (Lipinski definition) is 1. The zero-order chi connectivity index (χ0) is 15.5. The maximum Gasteiger partial charge on any atom is 0.227 e. The summed E-state index contributed by atoms with van der Waals surface area (Å²) in [6, 6.07) is 7.78. The lowest BCUT2D eigenvalue weighted by molar-refractivity contribution is -0.129. The van der Waals surface area contributed by atoms with Crippen molar-refractivity contribution in [3.8, 4) is 5.75 Å². The van der Waals surface area contributed by atoms with Gasteiger partial charge in [0, 0.05) is 18.7 Å². The summed E-state index contributed by atoms with van der Waals surface area (Å²) >= 11 is 0. The van der Waals surface area contributed by atoms with Crippen molar-refractivity contribution in [1.82, 2.24) is 4.90 Å². The molecule has 1 unspecified atom stereocenters. The van der Waals surface area contributed by atoms with Gasteiger partial charge in [-0.2, -0.15) is 0 Å². The highest BCUT2D eigenvalue weighted by Crippen LogP contribution is 2.29. The first-order valence-corrected chi connectivity index (χ1v) is 7.66. The van der Waals surface area contributed by atoms with Crippen LogP contribution >= 0.6 is 0 Å². The second-order valence-electron chi connectivity index (χ2n) is 6.53. The van der Waals surface area contributed by atoms with Crippen molar-refractivity contribution < 1.29 is 9.53 Å². The minimum absolute atomic E-state index is 0.0730. The van der Waals surface area contributed by atoms with Crippen molar-refractivity contribution in [3.05, 3.63) is 29.8 Å². The highest BCUT2D eigenvalue weighted by atomic mass is 16.5. The van der Waals surface area contributed by atoms with Gasteiger partial charge in [0.2, 0.25) is 5.91 Å². The molecule has 0 bridgehead atoms. The number of nitrogens with two attached hydrogens (primary N) is 1. The molecule has 21 heavy (non-hydrogen) atoms. The molecule has 2 N–H and O–H groups in total. The fraction of sp³-hybridized carbons (Fsp3) is 0.588. The van der Waals surface area contributed by atoms with Crippen molar-refractivity contribution in [1.29, 1.82) is 0 Å². The third-order valence-electron chi connectivity index (χ3n) is 4.08. The Kier molecular flexibility index (Phi) is 4.88. The van der Waals surface area contributed by atoms with E-state index in [0.29, 0.717) is 13.0 Å². The summed E-state index contributed by atoms with van der Waals surface area (Å²) in [5.74, 6) is 0.966. The van der Waals surface area contributed by atoms with E-state index in [1.165, 1.54) is 0 Å². The number of nitrogens with zero attached hydrogens (tertiary/aromatic N) is 1. The maximum atomic E-state index is 12.5. The third kappa shape index (κ3) is 3.97. The van der Waals surface area contributed by atoms with Crippen LogP contribution in [0.5, 0.6) is 5.75 Å². The first-order valence-electron chi connectivity index (χ1n) is 7.66. The van der Waals surface area contributed by atoms with Crippen molar-refractivity contribution >= 4 is 5.91 Å². The van der Waals surface area contributed by atoms with Gasteiger partial charge in [-0.15, -0.1) is 0 Å².